The molecule has 0 heterocycles. The summed E-state index contributed by atoms with van der Waals surface area (Å²) in [7, 11) is 0. The van der Waals surface area contributed by atoms with E-state index in [1.807, 2.05) is 0 Å². The summed E-state index contributed by atoms with van der Waals surface area (Å²) in [5, 5.41) is 0. The third-order valence-corrected chi connectivity index (χ3v) is 1.72. The van der Waals surface area contributed by atoms with E-state index in [-0.39, 0.29) is 12.2 Å². The molecule has 0 N–H and O–H groups in total. The maximum atomic E-state index is 12.9. The van der Waals surface area contributed by atoms with Gasteiger partial charge in [-0.2, -0.15) is 35.1 Å². The highest BCUT2D eigenvalue weighted by molar-refractivity contribution is 5.81. The Kier molecular flexibility index (Phi) is 5.90. The normalized spacial score (nSPS) is 13.2. The smallest absolute Gasteiger partial charge is 0.391 e. The largest absolute Gasteiger partial charge is 0.496 e. The molecule has 0 radical (unpaired) electrons. The van der Waals surface area contributed by atoms with Gasteiger partial charge in [0.05, 0.1) is 0 Å². The minimum atomic E-state index is -6.42. The number of rotatable bonds is 8. The highest BCUT2D eigenvalue weighted by atomic mass is 19.3. The molecule has 0 fully saturated rings. The molecule has 0 aromatic rings. The van der Waals surface area contributed by atoms with E-state index in [9.17, 15) is 44.7 Å². The zero-order valence-corrected chi connectivity index (χ0v) is 10.6. The second-order valence-corrected chi connectivity index (χ2v) is 3.42. The molecule has 0 aromatic heterocycles. The lowest BCUT2D eigenvalue weighted by molar-refractivity contribution is -0.518. The van der Waals surface area contributed by atoms with Crippen LogP contribution in [0, 0.1) is 0 Å². The first kappa shape index (κ1) is 20.8. The summed E-state index contributed by atoms with van der Waals surface area (Å²) >= 11 is 0. The van der Waals surface area contributed by atoms with Gasteiger partial charge in [-0.25, -0.2) is 14.3 Å². The fourth-order valence-corrected chi connectivity index (χ4v) is 0.735. The number of esters is 2. The van der Waals surface area contributed by atoms with Gasteiger partial charge in [0, 0.05) is 12.2 Å². The van der Waals surface area contributed by atoms with Gasteiger partial charge in [-0.05, 0) is 0 Å². The molecule has 0 amide bonds. The second kappa shape index (κ2) is 6.52. The van der Waals surface area contributed by atoms with Gasteiger partial charge in [0.15, 0.2) is 0 Å². The van der Waals surface area contributed by atoms with Crippen molar-refractivity contribution in [3.63, 3.8) is 0 Å². The van der Waals surface area contributed by atoms with Crippen molar-refractivity contribution in [1.29, 1.82) is 0 Å². The van der Waals surface area contributed by atoms with Gasteiger partial charge in [0.1, 0.15) is 0 Å². The Morgan fingerprint density at radius 2 is 0.913 bits per heavy atom. The molecule has 0 aliphatic rings. The van der Waals surface area contributed by atoms with Gasteiger partial charge in [0.2, 0.25) is 0 Å². The van der Waals surface area contributed by atoms with Gasteiger partial charge >= 0.3 is 36.4 Å². The van der Waals surface area contributed by atoms with Gasteiger partial charge < -0.3 is 9.47 Å². The third kappa shape index (κ3) is 4.91. The summed E-state index contributed by atoms with van der Waals surface area (Å²) < 4.78 is 110. The molecular formula is C10H6F8O5. The Hall–Kier alpha value is -2.18. The Labute approximate surface area is 122 Å². The van der Waals surface area contributed by atoms with Crippen LogP contribution in [0.5, 0.6) is 0 Å². The first-order valence-corrected chi connectivity index (χ1v) is 5.04. The zero-order chi connectivity index (χ0) is 18.7. The SMILES string of the molecule is C=CC(=O)OC(F)(F)C(F)(F)OC(F)(F)C(F)(F)OC(=O)C=C. The molecule has 0 unspecified atom stereocenters. The Morgan fingerprint density at radius 3 is 1.13 bits per heavy atom. The average molecular weight is 358 g/mol. The van der Waals surface area contributed by atoms with Crippen LogP contribution in [0.15, 0.2) is 25.3 Å². The molecule has 0 atom stereocenters. The minimum absolute atomic E-state index is 0.0391. The summed E-state index contributed by atoms with van der Waals surface area (Å²) in [6, 6.07) is 0. The van der Waals surface area contributed by atoms with Crippen molar-refractivity contribution in [3.05, 3.63) is 25.3 Å². The molecule has 0 rings (SSSR count). The fourth-order valence-electron chi connectivity index (χ4n) is 0.735. The third-order valence-electron chi connectivity index (χ3n) is 1.72. The van der Waals surface area contributed by atoms with Gasteiger partial charge in [0.25, 0.3) is 0 Å². The van der Waals surface area contributed by atoms with E-state index in [0.29, 0.717) is 0 Å². The summed E-state index contributed by atoms with van der Waals surface area (Å²) in [4.78, 5) is 20.8. The van der Waals surface area contributed by atoms with Crippen LogP contribution in [-0.4, -0.2) is 36.4 Å². The van der Waals surface area contributed by atoms with Gasteiger partial charge in [-0.15, -0.1) is 0 Å². The van der Waals surface area contributed by atoms with Crippen molar-refractivity contribution in [1.82, 2.24) is 0 Å². The Bertz CT molecular complexity index is 457. The molecule has 132 valence electrons. The number of carbonyl (C=O) groups excluding carboxylic acids is 2. The first-order chi connectivity index (χ1) is 10.1. The van der Waals surface area contributed by atoms with Crippen molar-refractivity contribution in [2.45, 2.75) is 24.4 Å². The van der Waals surface area contributed by atoms with Crippen LogP contribution in [0.2, 0.25) is 0 Å². The zero-order valence-electron chi connectivity index (χ0n) is 10.6. The maximum Gasteiger partial charge on any atom is 0.496 e. The summed E-state index contributed by atoms with van der Waals surface area (Å²) in [5.41, 5.74) is 0. The van der Waals surface area contributed by atoms with Crippen LogP contribution in [-0.2, 0) is 23.8 Å². The molecule has 0 saturated carbocycles. The predicted octanol–water partition coefficient (Wildman–Crippen LogP) is 2.83. The summed E-state index contributed by atoms with van der Waals surface area (Å²) in [5.74, 6) is -4.38. The standard InChI is InChI=1S/C10H6F8O5/c1-3-5(19)21-7(11,12)9(15,16)23-10(17,18)8(13,14)22-6(20)4-2/h3-4H,1-2H2. The molecule has 0 bridgehead atoms. The average Bonchev–Trinajstić information content (AvgIpc) is 2.35. The van der Waals surface area contributed by atoms with E-state index >= 15 is 0 Å². The van der Waals surface area contributed by atoms with E-state index in [0.717, 1.165) is 0 Å². The lowest BCUT2D eigenvalue weighted by Gasteiger charge is -2.30. The molecule has 13 heteroatoms. The van der Waals surface area contributed by atoms with Gasteiger partial charge in [-0.1, -0.05) is 13.2 Å². The molecule has 0 saturated heterocycles. The van der Waals surface area contributed by atoms with Crippen LogP contribution in [0.1, 0.15) is 0 Å². The molecule has 0 aromatic carbocycles. The first-order valence-electron chi connectivity index (χ1n) is 5.04. The van der Waals surface area contributed by atoms with E-state index in [1.165, 1.54) is 0 Å². The van der Waals surface area contributed by atoms with Gasteiger partial charge in [-0.3, -0.25) is 0 Å². The number of halogens is 8. The number of hydrogen-bond acceptors (Lipinski definition) is 5. The second-order valence-electron chi connectivity index (χ2n) is 3.42. The van der Waals surface area contributed by atoms with Crippen LogP contribution in [0.3, 0.4) is 0 Å². The molecule has 23 heavy (non-hydrogen) atoms. The number of carbonyl (C=O) groups is 2. The topological polar surface area (TPSA) is 61.8 Å². The van der Waals surface area contributed by atoms with Crippen LogP contribution >= 0.6 is 0 Å². The highest BCUT2D eigenvalue weighted by Crippen LogP contribution is 2.45. The molecule has 0 aliphatic heterocycles. The van der Waals surface area contributed by atoms with Crippen LogP contribution in [0.4, 0.5) is 35.1 Å². The lowest BCUT2D eigenvalue weighted by Crippen LogP contribution is -2.55. The van der Waals surface area contributed by atoms with Crippen LogP contribution in [0.25, 0.3) is 0 Å². The quantitative estimate of drug-likeness (QED) is 0.379. The van der Waals surface area contributed by atoms with E-state index in [1.54, 1.807) is 0 Å². The van der Waals surface area contributed by atoms with Crippen molar-refractivity contribution in [3.8, 4) is 0 Å². The van der Waals surface area contributed by atoms with Crippen molar-refractivity contribution in [2.75, 3.05) is 0 Å². The predicted molar refractivity (Wildman–Crippen MR) is 53.5 cm³/mol. The van der Waals surface area contributed by atoms with E-state index < -0.39 is 36.4 Å². The monoisotopic (exact) mass is 358 g/mol. The Balaban J connectivity index is 5.39. The maximum absolute atomic E-state index is 12.9. The Morgan fingerprint density at radius 1 is 0.652 bits per heavy atom. The molecule has 5 nitrogen and oxygen atoms in total. The highest BCUT2D eigenvalue weighted by Gasteiger charge is 2.73. The molecule has 0 spiro atoms. The van der Waals surface area contributed by atoms with Crippen molar-refractivity contribution >= 4 is 11.9 Å². The van der Waals surface area contributed by atoms with Crippen LogP contribution < -0.4 is 0 Å². The number of ether oxygens (including phenoxy) is 3. The molecular weight excluding hydrogens is 352 g/mol. The summed E-state index contributed by atoms with van der Waals surface area (Å²) in [6.45, 7) is 5.11. The number of alkyl halides is 8. The molecule has 0 aliphatic carbocycles. The van der Waals surface area contributed by atoms with E-state index in [4.69, 9.17) is 0 Å². The summed E-state index contributed by atoms with van der Waals surface area (Å²) in [6.07, 6.45) is -25.1. The lowest BCUT2D eigenvalue weighted by atomic mass is 10.5. The van der Waals surface area contributed by atoms with Crippen molar-refractivity contribution < 1.29 is 58.9 Å². The minimum Gasteiger partial charge on any atom is -0.391 e. The van der Waals surface area contributed by atoms with Crippen molar-refractivity contribution in [2.24, 2.45) is 0 Å². The fraction of sp³-hybridized carbons (Fsp3) is 0.400. The van der Waals surface area contributed by atoms with E-state index in [2.05, 4.69) is 27.4 Å². The number of hydrogen-bond donors (Lipinski definition) is 0.